The molecular formula is C17H25N3. The lowest BCUT2D eigenvalue weighted by molar-refractivity contribution is -0.00233. The normalized spacial score (nSPS) is 38.2. The van der Waals surface area contributed by atoms with E-state index >= 15 is 0 Å². The molecule has 0 unspecified atom stereocenters. The van der Waals surface area contributed by atoms with Gasteiger partial charge in [0.2, 0.25) is 0 Å². The molecule has 5 rings (SSSR count). The topological polar surface area (TPSA) is 42.1 Å². The van der Waals surface area contributed by atoms with E-state index in [1.807, 2.05) is 0 Å². The second-order valence-electron chi connectivity index (χ2n) is 7.61. The minimum Gasteiger partial charge on any atom is -0.397 e. The molecule has 1 aromatic rings. The molecule has 1 aromatic heterocycles. The van der Waals surface area contributed by atoms with E-state index < -0.39 is 0 Å². The fourth-order valence-corrected chi connectivity index (χ4v) is 5.64. The van der Waals surface area contributed by atoms with Crippen molar-refractivity contribution in [2.45, 2.75) is 51.0 Å². The molecule has 0 saturated heterocycles. The first-order chi connectivity index (χ1) is 9.56. The Labute approximate surface area is 121 Å². The van der Waals surface area contributed by atoms with Crippen LogP contribution in [-0.4, -0.2) is 17.6 Å². The number of hydrogen-bond acceptors (Lipinski definition) is 3. The molecule has 0 radical (unpaired) electrons. The van der Waals surface area contributed by atoms with Crippen LogP contribution in [0.3, 0.4) is 0 Å². The third-order valence-electron chi connectivity index (χ3n) is 6.11. The van der Waals surface area contributed by atoms with Gasteiger partial charge in [0.05, 0.1) is 11.9 Å². The van der Waals surface area contributed by atoms with Gasteiger partial charge in [-0.15, -0.1) is 0 Å². The van der Waals surface area contributed by atoms with Crippen molar-refractivity contribution < 1.29 is 0 Å². The maximum Gasteiger partial charge on any atom is 0.131 e. The molecular weight excluding hydrogens is 246 g/mol. The van der Waals surface area contributed by atoms with Gasteiger partial charge in [0.15, 0.2) is 0 Å². The quantitative estimate of drug-likeness (QED) is 0.896. The van der Waals surface area contributed by atoms with Gasteiger partial charge in [0.1, 0.15) is 5.82 Å². The number of nitrogens with zero attached hydrogens (tertiary/aromatic N) is 2. The number of pyridine rings is 1. The Morgan fingerprint density at radius 2 is 1.70 bits per heavy atom. The lowest BCUT2D eigenvalue weighted by atomic mass is 9.52. The van der Waals surface area contributed by atoms with E-state index in [1.165, 1.54) is 44.1 Å². The van der Waals surface area contributed by atoms with Crippen LogP contribution >= 0.6 is 0 Å². The summed E-state index contributed by atoms with van der Waals surface area (Å²) in [5.41, 5.74) is 8.21. The van der Waals surface area contributed by atoms with Crippen molar-refractivity contribution in [2.24, 2.45) is 17.8 Å². The van der Waals surface area contributed by atoms with E-state index in [4.69, 9.17) is 5.73 Å². The van der Waals surface area contributed by atoms with Crippen molar-refractivity contribution in [2.75, 3.05) is 17.7 Å². The first-order valence-electron chi connectivity index (χ1n) is 8.02. The highest BCUT2D eigenvalue weighted by molar-refractivity contribution is 5.54. The van der Waals surface area contributed by atoms with Crippen LogP contribution < -0.4 is 10.6 Å². The first kappa shape index (κ1) is 12.5. The maximum absolute atomic E-state index is 5.85. The zero-order valence-electron chi connectivity index (χ0n) is 12.6. The summed E-state index contributed by atoms with van der Waals surface area (Å²) in [7, 11) is 2.26. The summed E-state index contributed by atoms with van der Waals surface area (Å²) < 4.78 is 0. The highest BCUT2D eigenvalue weighted by Gasteiger charge is 2.53. The number of hydrogen-bond donors (Lipinski definition) is 1. The molecule has 0 amide bonds. The maximum atomic E-state index is 5.85. The van der Waals surface area contributed by atoms with Crippen molar-refractivity contribution in [3.8, 4) is 0 Å². The van der Waals surface area contributed by atoms with Gasteiger partial charge in [-0.2, -0.15) is 0 Å². The average Bonchev–Trinajstić information content (AvgIpc) is 2.36. The molecule has 3 nitrogen and oxygen atoms in total. The molecule has 3 heteroatoms. The fraction of sp³-hybridized carbons (Fsp3) is 0.706. The van der Waals surface area contributed by atoms with Crippen LogP contribution in [0, 0.1) is 24.7 Å². The molecule has 108 valence electrons. The van der Waals surface area contributed by atoms with Gasteiger partial charge in [-0.25, -0.2) is 4.98 Å². The summed E-state index contributed by atoms with van der Waals surface area (Å²) in [6.45, 7) is 2.13. The highest BCUT2D eigenvalue weighted by atomic mass is 15.2. The van der Waals surface area contributed by atoms with Crippen LogP contribution in [0.25, 0.3) is 0 Å². The number of aryl methyl sites for hydroxylation is 1. The smallest absolute Gasteiger partial charge is 0.131 e. The fourth-order valence-electron chi connectivity index (χ4n) is 5.64. The Kier molecular flexibility index (Phi) is 2.57. The van der Waals surface area contributed by atoms with Crippen molar-refractivity contribution >= 4 is 11.5 Å². The van der Waals surface area contributed by atoms with Gasteiger partial charge in [-0.3, -0.25) is 0 Å². The van der Waals surface area contributed by atoms with Gasteiger partial charge in [-0.1, -0.05) is 0 Å². The summed E-state index contributed by atoms with van der Waals surface area (Å²) in [5, 5.41) is 0. The van der Waals surface area contributed by atoms with E-state index in [9.17, 15) is 0 Å². The average molecular weight is 271 g/mol. The number of rotatable bonds is 2. The molecule has 0 spiro atoms. The van der Waals surface area contributed by atoms with Crippen LogP contribution in [0.5, 0.6) is 0 Å². The van der Waals surface area contributed by atoms with E-state index in [1.54, 1.807) is 6.20 Å². The number of nitrogens with two attached hydrogens (primary N) is 1. The van der Waals surface area contributed by atoms with Gasteiger partial charge in [0, 0.05) is 12.6 Å². The number of aromatic nitrogens is 1. The highest BCUT2D eigenvalue weighted by Crippen LogP contribution is 2.58. The molecule has 4 aliphatic carbocycles. The number of nitrogen functional groups attached to an aromatic ring is 1. The summed E-state index contributed by atoms with van der Waals surface area (Å²) in [5.74, 6) is 4.05. The van der Waals surface area contributed by atoms with Crippen molar-refractivity contribution in [3.05, 3.63) is 17.8 Å². The number of anilines is 2. The van der Waals surface area contributed by atoms with Gasteiger partial charge in [0.25, 0.3) is 0 Å². The third kappa shape index (κ3) is 1.75. The molecule has 1 heterocycles. The SMILES string of the molecule is Cc1cc(N)cnc1N(C)C12CC3CC(CC(C3)C1)C2. The molecule has 4 aliphatic rings. The Bertz CT molecular complexity index is 502. The Morgan fingerprint density at radius 3 is 2.20 bits per heavy atom. The zero-order valence-corrected chi connectivity index (χ0v) is 12.6. The van der Waals surface area contributed by atoms with Gasteiger partial charge >= 0.3 is 0 Å². The standard InChI is InChI=1S/C17H25N3/c1-11-3-15(18)10-19-16(11)20(2)17-7-12-4-13(8-17)6-14(5-12)9-17/h3,10,12-14H,4-9,18H2,1-2H3. The molecule has 0 aliphatic heterocycles. The van der Waals surface area contributed by atoms with Crippen LogP contribution in [0.2, 0.25) is 0 Å². The minimum absolute atomic E-state index is 0.378. The predicted molar refractivity (Wildman–Crippen MR) is 82.7 cm³/mol. The van der Waals surface area contributed by atoms with Crippen molar-refractivity contribution in [1.82, 2.24) is 4.98 Å². The predicted octanol–water partition coefficient (Wildman–Crippen LogP) is 3.38. The minimum atomic E-state index is 0.378. The van der Waals surface area contributed by atoms with E-state index in [0.29, 0.717) is 5.54 Å². The first-order valence-corrected chi connectivity index (χ1v) is 8.02. The van der Waals surface area contributed by atoms with Crippen LogP contribution in [0.15, 0.2) is 12.3 Å². The Balaban J connectivity index is 1.69. The van der Waals surface area contributed by atoms with Crippen LogP contribution in [0.1, 0.15) is 44.1 Å². The Morgan fingerprint density at radius 1 is 1.15 bits per heavy atom. The summed E-state index contributed by atoms with van der Waals surface area (Å²) in [6.07, 6.45) is 10.4. The zero-order chi connectivity index (χ0) is 13.9. The van der Waals surface area contributed by atoms with Crippen molar-refractivity contribution in [1.29, 1.82) is 0 Å². The van der Waals surface area contributed by atoms with Gasteiger partial charge in [-0.05, 0) is 74.8 Å². The van der Waals surface area contributed by atoms with E-state index in [-0.39, 0.29) is 0 Å². The van der Waals surface area contributed by atoms with E-state index in [0.717, 1.165) is 29.3 Å². The lowest BCUT2D eigenvalue weighted by Crippen LogP contribution is -2.59. The van der Waals surface area contributed by atoms with E-state index in [2.05, 4.69) is 29.9 Å². The van der Waals surface area contributed by atoms with Crippen LogP contribution in [0.4, 0.5) is 11.5 Å². The molecule has 20 heavy (non-hydrogen) atoms. The molecule has 0 atom stereocenters. The molecule has 4 fully saturated rings. The molecule has 0 aromatic carbocycles. The summed E-state index contributed by atoms with van der Waals surface area (Å²) in [6, 6.07) is 2.05. The monoisotopic (exact) mass is 271 g/mol. The Hall–Kier alpha value is -1.25. The molecule has 2 N–H and O–H groups in total. The summed E-state index contributed by atoms with van der Waals surface area (Å²) >= 11 is 0. The third-order valence-corrected chi connectivity index (χ3v) is 6.11. The second kappa shape index (κ2) is 4.12. The lowest BCUT2D eigenvalue weighted by Gasteiger charge is -2.60. The summed E-state index contributed by atoms with van der Waals surface area (Å²) in [4.78, 5) is 7.14. The second-order valence-corrected chi connectivity index (χ2v) is 7.61. The molecule has 4 bridgehead atoms. The van der Waals surface area contributed by atoms with Crippen LogP contribution in [-0.2, 0) is 0 Å². The largest absolute Gasteiger partial charge is 0.397 e. The van der Waals surface area contributed by atoms with Gasteiger partial charge < -0.3 is 10.6 Å². The molecule has 4 saturated carbocycles. The van der Waals surface area contributed by atoms with Crippen molar-refractivity contribution in [3.63, 3.8) is 0 Å².